The Kier molecular flexibility index (Phi) is 7.65. The Bertz CT molecular complexity index is 896. The normalized spacial score (nSPS) is 18.4. The molecular weight excluding hydrogens is 409 g/mol. The lowest BCUT2D eigenvalue weighted by Gasteiger charge is -2.23. The number of rotatable bonds is 8. The van der Waals surface area contributed by atoms with Gasteiger partial charge in [0.1, 0.15) is 17.3 Å². The van der Waals surface area contributed by atoms with Gasteiger partial charge in [-0.15, -0.1) is 0 Å². The van der Waals surface area contributed by atoms with Gasteiger partial charge in [-0.2, -0.15) is 0 Å². The van der Waals surface area contributed by atoms with Gasteiger partial charge in [-0.1, -0.05) is 19.1 Å². The van der Waals surface area contributed by atoms with Crippen LogP contribution in [0.3, 0.4) is 0 Å². The molecule has 172 valence electrons. The summed E-state index contributed by atoms with van der Waals surface area (Å²) in [5.41, 5.74) is 1.91. The highest BCUT2D eigenvalue weighted by Gasteiger charge is 2.22. The van der Waals surface area contributed by atoms with Gasteiger partial charge in [0.05, 0.1) is 11.9 Å². The van der Waals surface area contributed by atoms with Crippen molar-refractivity contribution in [3.05, 3.63) is 53.2 Å². The lowest BCUT2D eigenvalue weighted by atomic mass is 9.97. The predicted molar refractivity (Wildman–Crippen MR) is 121 cm³/mol. The van der Waals surface area contributed by atoms with E-state index >= 15 is 0 Å². The molecule has 1 amide bonds. The van der Waals surface area contributed by atoms with Crippen LogP contribution in [0.15, 0.2) is 30.5 Å². The van der Waals surface area contributed by atoms with Gasteiger partial charge >= 0.3 is 0 Å². The Hall–Kier alpha value is -2.58. The number of carbonyl (C=O) groups excluding carboxylic acids is 1. The first-order valence-electron chi connectivity index (χ1n) is 11.6. The molecule has 1 aromatic carbocycles. The van der Waals surface area contributed by atoms with E-state index in [-0.39, 0.29) is 23.7 Å². The van der Waals surface area contributed by atoms with E-state index < -0.39 is 0 Å². The van der Waals surface area contributed by atoms with Crippen LogP contribution in [0.5, 0.6) is 0 Å². The molecule has 2 fully saturated rings. The van der Waals surface area contributed by atoms with Crippen LogP contribution in [0.1, 0.15) is 60.3 Å². The van der Waals surface area contributed by atoms with E-state index in [0.717, 1.165) is 44.6 Å². The van der Waals surface area contributed by atoms with Gasteiger partial charge in [-0.3, -0.25) is 4.79 Å². The number of ether oxygens (including phenoxy) is 1. The highest BCUT2D eigenvalue weighted by Crippen LogP contribution is 2.28. The second kappa shape index (κ2) is 10.8. The molecule has 3 heterocycles. The summed E-state index contributed by atoms with van der Waals surface area (Å²) in [5.74, 6) is 0.0259. The van der Waals surface area contributed by atoms with E-state index in [1.807, 2.05) is 6.92 Å². The maximum atomic E-state index is 13.4. The number of benzene rings is 1. The summed E-state index contributed by atoms with van der Waals surface area (Å²) in [6, 6.07) is 6.49. The van der Waals surface area contributed by atoms with Crippen LogP contribution in [-0.2, 0) is 4.74 Å². The van der Waals surface area contributed by atoms with Crippen molar-refractivity contribution < 1.29 is 13.9 Å². The molecule has 0 aliphatic carbocycles. The van der Waals surface area contributed by atoms with Crippen LogP contribution in [0, 0.1) is 5.82 Å². The summed E-state index contributed by atoms with van der Waals surface area (Å²) in [6.45, 7) is 7.29. The van der Waals surface area contributed by atoms with Crippen LogP contribution in [0.4, 0.5) is 10.2 Å². The number of hydrogen-bond donors (Lipinski definition) is 2. The van der Waals surface area contributed by atoms with Crippen molar-refractivity contribution in [3.63, 3.8) is 0 Å². The third-order valence-corrected chi connectivity index (χ3v) is 6.29. The zero-order valence-electron chi connectivity index (χ0n) is 18.6. The van der Waals surface area contributed by atoms with Crippen molar-refractivity contribution in [2.24, 2.45) is 0 Å². The molecule has 4 rings (SSSR count). The molecule has 1 atom stereocenters. The van der Waals surface area contributed by atoms with Crippen molar-refractivity contribution in [2.75, 3.05) is 44.7 Å². The largest absolute Gasteiger partial charge is 0.381 e. The molecule has 2 aliphatic rings. The summed E-state index contributed by atoms with van der Waals surface area (Å²) >= 11 is 0. The number of nitrogens with one attached hydrogen (secondary N) is 2. The Morgan fingerprint density at radius 1 is 1.22 bits per heavy atom. The number of hydrogen-bond acceptors (Lipinski definition) is 6. The zero-order valence-corrected chi connectivity index (χ0v) is 18.6. The molecule has 7 nitrogen and oxygen atoms in total. The van der Waals surface area contributed by atoms with E-state index in [9.17, 15) is 9.18 Å². The Morgan fingerprint density at radius 3 is 2.66 bits per heavy atom. The summed E-state index contributed by atoms with van der Waals surface area (Å²) in [7, 11) is 0. The molecule has 2 saturated heterocycles. The lowest BCUT2D eigenvalue weighted by molar-refractivity contribution is 0.0694. The quantitative estimate of drug-likeness (QED) is 0.655. The fourth-order valence-corrected chi connectivity index (χ4v) is 4.30. The van der Waals surface area contributed by atoms with Gasteiger partial charge in [-0.25, -0.2) is 14.4 Å². The van der Waals surface area contributed by atoms with E-state index in [1.54, 1.807) is 12.1 Å². The second-order valence-corrected chi connectivity index (χ2v) is 8.60. The van der Waals surface area contributed by atoms with Crippen LogP contribution < -0.4 is 10.6 Å². The maximum absolute atomic E-state index is 13.4. The summed E-state index contributed by atoms with van der Waals surface area (Å²) in [6.07, 6.45) is 5.64. The van der Waals surface area contributed by atoms with Crippen molar-refractivity contribution in [1.29, 1.82) is 0 Å². The highest BCUT2D eigenvalue weighted by atomic mass is 19.1. The molecule has 8 heteroatoms. The number of halogens is 1. The fraction of sp³-hybridized carbons (Fsp3) is 0.542. The average Bonchev–Trinajstić information content (AvgIpc) is 3.33. The van der Waals surface area contributed by atoms with Crippen molar-refractivity contribution in [2.45, 2.75) is 44.6 Å². The van der Waals surface area contributed by atoms with Crippen LogP contribution in [-0.4, -0.2) is 66.2 Å². The molecule has 2 aromatic rings. The zero-order chi connectivity index (χ0) is 22.3. The summed E-state index contributed by atoms with van der Waals surface area (Å²) in [5, 5.41) is 6.46. The first-order valence-corrected chi connectivity index (χ1v) is 11.6. The van der Waals surface area contributed by atoms with Gasteiger partial charge in [0.15, 0.2) is 0 Å². The van der Waals surface area contributed by atoms with Gasteiger partial charge in [0.2, 0.25) is 0 Å². The lowest BCUT2D eigenvalue weighted by Crippen LogP contribution is -2.39. The van der Waals surface area contributed by atoms with Gasteiger partial charge in [0, 0.05) is 38.3 Å². The van der Waals surface area contributed by atoms with Crippen LogP contribution >= 0.6 is 0 Å². The average molecular weight is 442 g/mol. The Labute approximate surface area is 188 Å². The number of amides is 1. The molecular formula is C24H32FN5O2. The molecule has 0 radical (unpaired) electrons. The summed E-state index contributed by atoms with van der Waals surface area (Å²) in [4.78, 5) is 24.5. The molecule has 0 saturated carbocycles. The predicted octanol–water partition coefficient (Wildman–Crippen LogP) is 3.18. The number of aromatic nitrogens is 2. The molecule has 1 aromatic heterocycles. The van der Waals surface area contributed by atoms with E-state index in [1.165, 1.54) is 31.2 Å². The van der Waals surface area contributed by atoms with Crippen molar-refractivity contribution >= 4 is 11.7 Å². The maximum Gasteiger partial charge on any atom is 0.271 e. The van der Waals surface area contributed by atoms with Gasteiger partial charge in [-0.05, 0) is 56.5 Å². The third-order valence-electron chi connectivity index (χ3n) is 6.29. The summed E-state index contributed by atoms with van der Waals surface area (Å²) < 4.78 is 18.8. The minimum atomic E-state index is -0.277. The molecule has 0 unspecified atom stereocenters. The topological polar surface area (TPSA) is 79.4 Å². The second-order valence-electron chi connectivity index (χ2n) is 8.60. The van der Waals surface area contributed by atoms with E-state index in [4.69, 9.17) is 9.72 Å². The monoisotopic (exact) mass is 441 g/mol. The number of anilines is 1. The minimum absolute atomic E-state index is 0.0919. The van der Waals surface area contributed by atoms with Crippen LogP contribution in [0.25, 0.3) is 0 Å². The third kappa shape index (κ3) is 5.81. The first kappa shape index (κ1) is 22.6. The van der Waals surface area contributed by atoms with Crippen LogP contribution in [0.2, 0.25) is 0 Å². The van der Waals surface area contributed by atoms with Crippen molar-refractivity contribution in [3.8, 4) is 0 Å². The SMILES string of the molecule is C[C@H](c1ccc(F)cc1)c1nc(C(=O)NC2CCOCC2)cnc1NCCN1CCCC1. The highest BCUT2D eigenvalue weighted by molar-refractivity contribution is 5.92. The van der Waals surface area contributed by atoms with Gasteiger partial charge in [0.25, 0.3) is 5.91 Å². The first-order chi connectivity index (χ1) is 15.6. The number of carbonyl (C=O) groups is 1. The fourth-order valence-electron chi connectivity index (χ4n) is 4.30. The minimum Gasteiger partial charge on any atom is -0.381 e. The number of likely N-dealkylation sites (tertiary alicyclic amines) is 1. The smallest absolute Gasteiger partial charge is 0.271 e. The molecule has 0 bridgehead atoms. The standard InChI is InChI=1S/C24H32FN5O2/c1-17(18-4-6-19(25)7-5-18)22-23(26-10-13-30-11-2-3-12-30)27-16-21(29-22)24(31)28-20-8-14-32-15-9-20/h4-7,16-17,20H,2-3,8-15H2,1H3,(H,26,27)(H,28,31)/t17-/m1/s1. The van der Waals surface area contributed by atoms with E-state index in [0.29, 0.717) is 30.4 Å². The Balaban J connectivity index is 1.52. The van der Waals surface area contributed by atoms with Crippen molar-refractivity contribution in [1.82, 2.24) is 20.2 Å². The molecule has 0 spiro atoms. The number of nitrogens with zero attached hydrogens (tertiary/aromatic N) is 3. The Morgan fingerprint density at radius 2 is 1.94 bits per heavy atom. The molecule has 2 aliphatic heterocycles. The van der Waals surface area contributed by atoms with E-state index in [2.05, 4.69) is 20.5 Å². The molecule has 2 N–H and O–H groups in total. The van der Waals surface area contributed by atoms with Gasteiger partial charge < -0.3 is 20.3 Å². The molecule has 32 heavy (non-hydrogen) atoms.